The van der Waals surface area contributed by atoms with E-state index < -0.39 is 44.5 Å². The van der Waals surface area contributed by atoms with Gasteiger partial charge >= 0.3 is 29.6 Å². The summed E-state index contributed by atoms with van der Waals surface area (Å²) in [5.41, 5.74) is 4.77. The maximum Gasteiger partial charge on any atom is 1.00 e. The van der Waals surface area contributed by atoms with Crippen molar-refractivity contribution in [1.29, 1.82) is 0 Å². The van der Waals surface area contributed by atoms with Crippen LogP contribution in [0.2, 0.25) is 0 Å². The Morgan fingerprint density at radius 2 is 2.12 bits per heavy atom. The minimum Gasteiger partial charge on any atom is -0.790 e. The van der Waals surface area contributed by atoms with Gasteiger partial charge in [0.05, 0.1) is 20.8 Å². The number of nitrogens with two attached hydrogens (primary N) is 1. The molecule has 0 spiro atoms. The molecular formula is C10H12N5NaO8P-. The monoisotopic (exact) mass is 384 g/mol. The van der Waals surface area contributed by atoms with Crippen molar-refractivity contribution in [3.05, 3.63) is 16.7 Å². The number of aliphatic hydroxyl groups is 2. The third-order valence-electron chi connectivity index (χ3n) is 3.46. The number of imidazole rings is 1. The first-order valence-corrected chi connectivity index (χ1v) is 8.04. The molecule has 15 heteroatoms. The third kappa shape index (κ3) is 4.11. The Morgan fingerprint density at radius 3 is 2.76 bits per heavy atom. The first-order valence-electron chi connectivity index (χ1n) is 6.58. The molecule has 4 atom stereocenters. The number of hydrogen-bond donors (Lipinski definition) is 4. The van der Waals surface area contributed by atoms with E-state index in [2.05, 4.69) is 19.5 Å². The molecule has 2 aromatic rings. The Morgan fingerprint density at radius 1 is 1.44 bits per heavy atom. The normalized spacial score (nSPS) is 26.7. The number of rotatable bonds is 4. The molecule has 0 amide bonds. The van der Waals surface area contributed by atoms with Crippen LogP contribution in [0.1, 0.15) is 6.23 Å². The van der Waals surface area contributed by atoms with Gasteiger partial charge in [0.25, 0.3) is 5.56 Å². The second-order valence-electron chi connectivity index (χ2n) is 5.06. The summed E-state index contributed by atoms with van der Waals surface area (Å²) in [6, 6.07) is 0. The molecule has 13 nitrogen and oxygen atoms in total. The van der Waals surface area contributed by atoms with E-state index in [0.29, 0.717) is 0 Å². The van der Waals surface area contributed by atoms with Gasteiger partial charge in [-0.2, -0.15) is 4.98 Å². The number of aliphatic hydroxyl groups excluding tert-OH is 2. The molecule has 0 bridgehead atoms. The van der Waals surface area contributed by atoms with Crippen molar-refractivity contribution >= 4 is 24.9 Å². The molecule has 1 aliphatic heterocycles. The predicted molar refractivity (Wildman–Crippen MR) is 72.0 cm³/mol. The molecule has 1 saturated heterocycles. The molecule has 0 saturated carbocycles. The number of aromatic amines is 1. The predicted octanol–water partition coefficient (Wildman–Crippen LogP) is -6.83. The Bertz CT molecular complexity index is 867. The SMILES string of the molecule is Nc1nc2c(ncn2[C@@H]2O[C@H](COP(=O)([O-])[O-])[C@@H](O)[C@H]2O)c(=O)[nH]1.[Na+]. The maximum absolute atomic E-state index is 11.7. The van der Waals surface area contributed by atoms with Crippen molar-refractivity contribution in [1.82, 2.24) is 19.5 Å². The fraction of sp³-hybridized carbons (Fsp3) is 0.500. The van der Waals surface area contributed by atoms with Crippen molar-refractivity contribution < 1.29 is 63.4 Å². The van der Waals surface area contributed by atoms with Gasteiger partial charge in [-0.25, -0.2) is 4.98 Å². The van der Waals surface area contributed by atoms with Crippen molar-refractivity contribution in [3.63, 3.8) is 0 Å². The number of anilines is 1. The molecule has 0 radical (unpaired) electrons. The van der Waals surface area contributed by atoms with Crippen molar-refractivity contribution in [2.75, 3.05) is 12.3 Å². The number of nitrogen functional groups attached to an aromatic ring is 1. The van der Waals surface area contributed by atoms with Crippen LogP contribution >= 0.6 is 7.82 Å². The standard InChI is InChI=1S/C10H14N5O8P.Na/c11-10-13-7-4(8(18)14-10)12-2-15(7)9-6(17)5(16)3(23-9)1-22-24(19,20)21;/h2-3,5-6,9,16-17H,1H2,(H2,19,20,21)(H3,11,13,14,18);/q;+1/p-2/t3-,5-,6-,9-;/m1./s1. The number of phosphoric acid groups is 1. The van der Waals surface area contributed by atoms with Gasteiger partial charge in [0, 0.05) is 0 Å². The molecule has 0 aliphatic carbocycles. The minimum absolute atomic E-state index is 0. The van der Waals surface area contributed by atoms with Gasteiger partial charge in [-0.05, 0) is 0 Å². The van der Waals surface area contributed by atoms with Crippen LogP contribution in [0.15, 0.2) is 11.1 Å². The van der Waals surface area contributed by atoms with E-state index >= 15 is 0 Å². The zero-order chi connectivity index (χ0) is 17.6. The number of phosphoric ester groups is 1. The molecule has 1 aliphatic rings. The largest absolute Gasteiger partial charge is 1.00 e. The van der Waals surface area contributed by atoms with Crippen molar-refractivity contribution in [2.24, 2.45) is 0 Å². The van der Waals surface area contributed by atoms with E-state index in [1.807, 2.05) is 0 Å². The van der Waals surface area contributed by atoms with E-state index in [1.165, 1.54) is 0 Å². The Kier molecular flexibility index (Phi) is 6.06. The number of ether oxygens (including phenoxy) is 1. The maximum atomic E-state index is 11.7. The first kappa shape index (κ1) is 20.5. The van der Waals surface area contributed by atoms with Gasteiger partial charge in [-0.15, -0.1) is 0 Å². The van der Waals surface area contributed by atoms with Crippen LogP contribution in [-0.4, -0.2) is 54.7 Å². The average molecular weight is 384 g/mol. The van der Waals surface area contributed by atoms with E-state index in [9.17, 15) is 29.4 Å². The van der Waals surface area contributed by atoms with E-state index in [0.717, 1.165) is 10.9 Å². The summed E-state index contributed by atoms with van der Waals surface area (Å²) in [6.45, 7) is -0.776. The molecule has 2 aromatic heterocycles. The molecule has 3 heterocycles. The first-order chi connectivity index (χ1) is 11.2. The number of nitrogens with zero attached hydrogens (tertiary/aromatic N) is 3. The van der Waals surface area contributed by atoms with Gasteiger partial charge in [0.2, 0.25) is 5.95 Å². The summed E-state index contributed by atoms with van der Waals surface area (Å²) in [5.74, 6) is -0.194. The fourth-order valence-electron chi connectivity index (χ4n) is 2.39. The summed E-state index contributed by atoms with van der Waals surface area (Å²) < 4.78 is 21.0. The number of nitrogens with one attached hydrogen (secondary N) is 1. The van der Waals surface area contributed by atoms with E-state index in [4.69, 9.17) is 10.5 Å². The molecule has 3 rings (SSSR count). The Balaban J connectivity index is 0.00000225. The summed E-state index contributed by atoms with van der Waals surface area (Å²) in [6.07, 6.45) is -4.46. The smallest absolute Gasteiger partial charge is 0.790 e. The molecular weight excluding hydrogens is 372 g/mol. The van der Waals surface area contributed by atoms with Crippen LogP contribution in [-0.2, 0) is 13.8 Å². The molecule has 1 fully saturated rings. The zero-order valence-corrected chi connectivity index (χ0v) is 15.7. The van der Waals surface area contributed by atoms with Gasteiger partial charge in [0.1, 0.15) is 18.3 Å². The van der Waals surface area contributed by atoms with Crippen LogP contribution < -0.4 is 50.6 Å². The van der Waals surface area contributed by atoms with Crippen LogP contribution in [0.5, 0.6) is 0 Å². The summed E-state index contributed by atoms with van der Waals surface area (Å²) in [7, 11) is -5.26. The van der Waals surface area contributed by atoms with Crippen molar-refractivity contribution in [2.45, 2.75) is 24.5 Å². The number of hydrogen-bond acceptors (Lipinski definition) is 11. The Labute approximate surface area is 161 Å². The van der Waals surface area contributed by atoms with E-state index in [-0.39, 0.29) is 46.7 Å². The summed E-state index contributed by atoms with van der Waals surface area (Å²) in [4.78, 5) is 42.7. The van der Waals surface area contributed by atoms with Crippen LogP contribution in [0.25, 0.3) is 11.2 Å². The summed E-state index contributed by atoms with van der Waals surface area (Å²) >= 11 is 0. The molecule has 25 heavy (non-hydrogen) atoms. The third-order valence-corrected chi connectivity index (χ3v) is 3.92. The van der Waals surface area contributed by atoms with Gasteiger partial charge in [0.15, 0.2) is 17.4 Å². The van der Waals surface area contributed by atoms with Gasteiger partial charge in [-0.3, -0.25) is 14.3 Å². The second kappa shape index (κ2) is 7.40. The van der Waals surface area contributed by atoms with Gasteiger partial charge in [-0.1, -0.05) is 0 Å². The number of aromatic nitrogens is 4. The quantitative estimate of drug-likeness (QED) is 0.287. The van der Waals surface area contributed by atoms with Crippen LogP contribution in [0.3, 0.4) is 0 Å². The second-order valence-corrected chi connectivity index (χ2v) is 6.22. The van der Waals surface area contributed by atoms with Crippen molar-refractivity contribution in [3.8, 4) is 0 Å². The van der Waals surface area contributed by atoms with Crippen LogP contribution in [0.4, 0.5) is 5.95 Å². The zero-order valence-electron chi connectivity index (χ0n) is 12.8. The molecule has 132 valence electrons. The molecule has 0 unspecified atom stereocenters. The molecule has 0 aromatic carbocycles. The molecule has 5 N–H and O–H groups in total. The van der Waals surface area contributed by atoms with Crippen LogP contribution in [0, 0.1) is 0 Å². The summed E-state index contributed by atoms with van der Waals surface area (Å²) in [5, 5.41) is 20.0. The average Bonchev–Trinajstić information content (AvgIpc) is 3.00. The number of H-pyrrole nitrogens is 1. The topological polar surface area (TPSA) is 212 Å². The van der Waals surface area contributed by atoms with E-state index in [1.54, 1.807) is 0 Å². The Hall–Kier alpha value is -0.860. The number of fused-ring (bicyclic) bond motifs is 1. The minimum atomic E-state index is -5.26. The fourth-order valence-corrected chi connectivity index (χ4v) is 2.72. The van der Waals surface area contributed by atoms with Gasteiger partial charge < -0.3 is 39.6 Å².